The molecule has 0 amide bonds. The quantitative estimate of drug-likeness (QED) is 0.744. The van der Waals surface area contributed by atoms with Gasteiger partial charge in [0.1, 0.15) is 6.29 Å². The molecular weight excluding hydrogens is 212 g/mol. The fourth-order valence-electron chi connectivity index (χ4n) is 1.10. The Balaban J connectivity index is 0.000000673. The summed E-state index contributed by atoms with van der Waals surface area (Å²) < 4.78 is 0. The Hall–Kier alpha value is -2.17. The van der Waals surface area contributed by atoms with E-state index in [9.17, 15) is 9.59 Å². The number of aromatic carboxylic acids is 2. The molecule has 5 nitrogen and oxygen atoms in total. The molecule has 2 N–H and O–H groups in total. The first kappa shape index (κ1) is 13.8. The summed E-state index contributed by atoms with van der Waals surface area (Å²) in [6.07, 6.45) is 0.750. The van der Waals surface area contributed by atoms with Crippen LogP contribution in [0.3, 0.4) is 0 Å². The fourth-order valence-corrected chi connectivity index (χ4v) is 1.10. The lowest BCUT2D eigenvalue weighted by Gasteiger charge is -2.03. The highest BCUT2D eigenvalue weighted by atomic mass is 16.4. The molecule has 0 aromatic heterocycles. The van der Waals surface area contributed by atoms with E-state index in [0.717, 1.165) is 6.29 Å². The number of carbonyl (C=O) groups excluding carboxylic acids is 1. The van der Waals surface area contributed by atoms with Crippen molar-refractivity contribution in [2.24, 2.45) is 0 Å². The van der Waals surface area contributed by atoms with Gasteiger partial charge in [0.15, 0.2) is 0 Å². The molecule has 0 saturated carbocycles. The third kappa shape index (κ3) is 3.53. The van der Waals surface area contributed by atoms with Gasteiger partial charge in [-0.2, -0.15) is 0 Å². The molecule has 0 atom stereocenters. The Kier molecular flexibility index (Phi) is 5.48. The van der Waals surface area contributed by atoms with Crippen molar-refractivity contribution < 1.29 is 24.6 Å². The molecule has 0 aliphatic heterocycles. The molecular formula is C11H12O5. The lowest BCUT2D eigenvalue weighted by molar-refractivity contribution is -0.106. The molecule has 0 radical (unpaired) electrons. The number of benzene rings is 1. The van der Waals surface area contributed by atoms with Crippen LogP contribution in [0.4, 0.5) is 0 Å². The molecule has 16 heavy (non-hydrogen) atoms. The van der Waals surface area contributed by atoms with E-state index in [1.165, 1.54) is 32.0 Å². The average molecular weight is 224 g/mol. The molecule has 0 bridgehead atoms. The molecule has 0 saturated heterocycles. The van der Waals surface area contributed by atoms with E-state index >= 15 is 0 Å². The molecule has 0 aliphatic rings. The second-order valence-electron chi connectivity index (χ2n) is 2.82. The van der Waals surface area contributed by atoms with Crippen molar-refractivity contribution in [2.45, 2.75) is 13.8 Å². The summed E-state index contributed by atoms with van der Waals surface area (Å²) in [7, 11) is 0. The van der Waals surface area contributed by atoms with Crippen LogP contribution < -0.4 is 0 Å². The van der Waals surface area contributed by atoms with Gasteiger partial charge in [0.05, 0.1) is 11.1 Å². The molecule has 1 aromatic carbocycles. The molecule has 0 heterocycles. The van der Waals surface area contributed by atoms with Crippen LogP contribution in [0.25, 0.3) is 0 Å². The molecule has 0 aliphatic carbocycles. The summed E-state index contributed by atoms with van der Waals surface area (Å²) in [4.78, 5) is 30.0. The van der Waals surface area contributed by atoms with Gasteiger partial charge < -0.3 is 15.0 Å². The summed E-state index contributed by atoms with van der Waals surface area (Å²) in [5, 5.41) is 17.4. The zero-order valence-electron chi connectivity index (χ0n) is 8.93. The monoisotopic (exact) mass is 224 g/mol. The van der Waals surface area contributed by atoms with Gasteiger partial charge in [-0.05, 0) is 31.5 Å². The van der Waals surface area contributed by atoms with Crippen molar-refractivity contribution in [1.82, 2.24) is 0 Å². The van der Waals surface area contributed by atoms with Crippen LogP contribution in [0.15, 0.2) is 18.2 Å². The smallest absolute Gasteiger partial charge is 0.335 e. The Morgan fingerprint density at radius 1 is 1.12 bits per heavy atom. The molecule has 1 aromatic rings. The highest BCUT2D eigenvalue weighted by Crippen LogP contribution is 2.13. The number of hydrogen-bond donors (Lipinski definition) is 2. The first-order chi connectivity index (χ1) is 7.45. The van der Waals surface area contributed by atoms with Gasteiger partial charge >= 0.3 is 11.9 Å². The van der Waals surface area contributed by atoms with Crippen LogP contribution in [0, 0.1) is 6.92 Å². The van der Waals surface area contributed by atoms with Gasteiger partial charge in [0.25, 0.3) is 0 Å². The van der Waals surface area contributed by atoms with E-state index in [0.29, 0.717) is 0 Å². The lowest BCUT2D eigenvalue weighted by atomic mass is 10.0. The van der Waals surface area contributed by atoms with E-state index in [-0.39, 0.29) is 16.7 Å². The summed E-state index contributed by atoms with van der Waals surface area (Å²) in [5.74, 6) is -2.22. The maximum Gasteiger partial charge on any atom is 0.335 e. The van der Waals surface area contributed by atoms with Crippen molar-refractivity contribution in [2.75, 3.05) is 0 Å². The third-order valence-electron chi connectivity index (χ3n) is 1.79. The average Bonchev–Trinajstić information content (AvgIpc) is 2.18. The second-order valence-corrected chi connectivity index (χ2v) is 2.82. The topological polar surface area (TPSA) is 91.7 Å². The summed E-state index contributed by atoms with van der Waals surface area (Å²) in [6.45, 7) is 2.92. The maximum atomic E-state index is 10.6. The van der Waals surface area contributed by atoms with E-state index in [2.05, 4.69) is 0 Å². The molecule has 0 fully saturated rings. The van der Waals surface area contributed by atoms with Crippen LogP contribution >= 0.6 is 0 Å². The minimum Gasteiger partial charge on any atom is -0.478 e. The highest BCUT2D eigenvalue weighted by molar-refractivity contribution is 5.96. The van der Waals surface area contributed by atoms with E-state index < -0.39 is 11.9 Å². The van der Waals surface area contributed by atoms with Gasteiger partial charge in [-0.1, -0.05) is 6.07 Å². The Morgan fingerprint density at radius 3 is 1.69 bits per heavy atom. The Morgan fingerprint density at radius 2 is 1.44 bits per heavy atom. The van der Waals surface area contributed by atoms with Crippen LogP contribution in [-0.4, -0.2) is 28.4 Å². The Labute approximate surface area is 92.3 Å². The molecule has 86 valence electrons. The van der Waals surface area contributed by atoms with Crippen molar-refractivity contribution in [3.05, 3.63) is 34.9 Å². The number of carboxylic acid groups (broad SMARTS) is 2. The van der Waals surface area contributed by atoms with Crippen molar-refractivity contribution >= 4 is 18.2 Å². The lowest BCUT2D eigenvalue weighted by Crippen LogP contribution is -2.06. The number of carboxylic acids is 2. The van der Waals surface area contributed by atoms with Crippen molar-refractivity contribution in [3.8, 4) is 0 Å². The van der Waals surface area contributed by atoms with E-state index in [1.54, 1.807) is 0 Å². The van der Waals surface area contributed by atoms with Gasteiger partial charge in [-0.15, -0.1) is 0 Å². The highest BCUT2D eigenvalue weighted by Gasteiger charge is 2.13. The van der Waals surface area contributed by atoms with Crippen molar-refractivity contribution in [3.63, 3.8) is 0 Å². The SMILES string of the molecule is CC=O.Cc1c(C(=O)O)cccc1C(=O)O. The number of rotatable bonds is 2. The number of hydrogen-bond acceptors (Lipinski definition) is 3. The third-order valence-corrected chi connectivity index (χ3v) is 1.79. The maximum absolute atomic E-state index is 10.6. The van der Waals surface area contributed by atoms with Crippen LogP contribution in [0.5, 0.6) is 0 Å². The van der Waals surface area contributed by atoms with Gasteiger partial charge in [0, 0.05) is 0 Å². The van der Waals surface area contributed by atoms with Crippen molar-refractivity contribution in [1.29, 1.82) is 0 Å². The van der Waals surface area contributed by atoms with Gasteiger partial charge in [-0.25, -0.2) is 9.59 Å². The number of aldehydes is 1. The van der Waals surface area contributed by atoms with Crippen LogP contribution in [0.2, 0.25) is 0 Å². The largest absolute Gasteiger partial charge is 0.478 e. The molecule has 0 spiro atoms. The minimum atomic E-state index is -1.11. The summed E-state index contributed by atoms with van der Waals surface area (Å²) in [5.41, 5.74) is 0.335. The Bertz CT molecular complexity index is 377. The fraction of sp³-hybridized carbons (Fsp3) is 0.182. The standard InChI is InChI=1S/C9H8O4.C2H4O/c1-5-6(8(10)11)3-2-4-7(5)9(12)13;1-2-3/h2-4H,1H3,(H,10,11)(H,12,13);2H,1H3. The first-order valence-corrected chi connectivity index (χ1v) is 4.41. The molecule has 0 unspecified atom stereocenters. The predicted molar refractivity (Wildman–Crippen MR) is 56.8 cm³/mol. The van der Waals surface area contributed by atoms with E-state index in [1.807, 2.05) is 0 Å². The first-order valence-electron chi connectivity index (χ1n) is 4.41. The second kappa shape index (κ2) is 6.34. The normalized spacial score (nSPS) is 8.62. The summed E-state index contributed by atoms with van der Waals surface area (Å²) >= 11 is 0. The van der Waals surface area contributed by atoms with Gasteiger partial charge in [0.2, 0.25) is 0 Å². The minimum absolute atomic E-state index is 0.0277. The van der Waals surface area contributed by atoms with Gasteiger partial charge in [-0.3, -0.25) is 0 Å². The molecule has 5 heteroatoms. The van der Waals surface area contributed by atoms with E-state index in [4.69, 9.17) is 15.0 Å². The van der Waals surface area contributed by atoms with Crippen LogP contribution in [-0.2, 0) is 4.79 Å². The number of carbonyl (C=O) groups is 3. The van der Waals surface area contributed by atoms with Crippen LogP contribution in [0.1, 0.15) is 33.2 Å². The molecule has 1 rings (SSSR count). The summed E-state index contributed by atoms with van der Waals surface area (Å²) in [6, 6.07) is 4.17. The zero-order chi connectivity index (χ0) is 12.7. The predicted octanol–water partition coefficient (Wildman–Crippen LogP) is 1.60. The zero-order valence-corrected chi connectivity index (χ0v) is 8.93.